The van der Waals surface area contributed by atoms with Gasteiger partial charge in [0.1, 0.15) is 0 Å². The van der Waals surface area contributed by atoms with Gasteiger partial charge in [0, 0.05) is 36.6 Å². The Bertz CT molecular complexity index is 463. The van der Waals surface area contributed by atoms with Gasteiger partial charge >= 0.3 is 0 Å². The van der Waals surface area contributed by atoms with Crippen LogP contribution in [-0.4, -0.2) is 34.6 Å². The van der Waals surface area contributed by atoms with Gasteiger partial charge in [-0.3, -0.25) is 0 Å². The van der Waals surface area contributed by atoms with Crippen molar-refractivity contribution in [2.75, 3.05) is 13.1 Å². The van der Waals surface area contributed by atoms with Crippen LogP contribution in [0.25, 0.3) is 0 Å². The van der Waals surface area contributed by atoms with Gasteiger partial charge in [-0.1, -0.05) is 0 Å². The molecule has 0 bridgehead atoms. The Morgan fingerprint density at radius 2 is 2.10 bits per heavy atom. The minimum absolute atomic E-state index is 0.721. The summed E-state index contributed by atoms with van der Waals surface area (Å²) in [6.45, 7) is 11.5. The highest BCUT2D eigenvalue weighted by Gasteiger charge is 2.31. The molecule has 2 aliphatic heterocycles. The molecule has 2 saturated heterocycles. The normalized spacial score (nSPS) is 26.9. The van der Waals surface area contributed by atoms with Crippen molar-refractivity contribution in [3.05, 3.63) is 23.0 Å². The van der Waals surface area contributed by atoms with Crippen LogP contribution in [0.5, 0.6) is 0 Å². The lowest BCUT2D eigenvalue weighted by molar-refractivity contribution is 0.166. The zero-order chi connectivity index (χ0) is 14.1. The summed E-state index contributed by atoms with van der Waals surface area (Å²) in [5.74, 6) is 0. The number of nitrogens with one attached hydrogen (secondary N) is 1. The van der Waals surface area contributed by atoms with Crippen molar-refractivity contribution in [2.24, 2.45) is 0 Å². The molecule has 3 heteroatoms. The Labute approximate surface area is 123 Å². The van der Waals surface area contributed by atoms with Gasteiger partial charge in [-0.25, -0.2) is 0 Å². The van der Waals surface area contributed by atoms with Crippen molar-refractivity contribution < 1.29 is 0 Å². The number of aryl methyl sites for hydroxylation is 1. The maximum Gasteiger partial charge on any atom is 0.0225 e. The van der Waals surface area contributed by atoms with E-state index in [1.54, 1.807) is 0 Å². The second kappa shape index (κ2) is 5.90. The standard InChI is InChI=1S/C17H29N3/c1-4-20-13(2)10-15(14(20)3)12-18-16-7-9-19-8-5-6-17(19)11-16/h10,16-18H,4-9,11-12H2,1-3H3. The molecule has 2 unspecified atom stereocenters. The van der Waals surface area contributed by atoms with Crippen LogP contribution in [0.15, 0.2) is 6.07 Å². The molecular weight excluding hydrogens is 246 g/mol. The summed E-state index contributed by atoms with van der Waals surface area (Å²) in [6.07, 6.45) is 5.51. The quantitative estimate of drug-likeness (QED) is 0.912. The molecule has 20 heavy (non-hydrogen) atoms. The van der Waals surface area contributed by atoms with Crippen molar-refractivity contribution in [3.63, 3.8) is 0 Å². The molecule has 0 saturated carbocycles. The van der Waals surface area contributed by atoms with E-state index in [4.69, 9.17) is 0 Å². The second-order valence-electron chi connectivity index (χ2n) is 6.57. The monoisotopic (exact) mass is 275 g/mol. The maximum absolute atomic E-state index is 3.82. The fourth-order valence-corrected chi connectivity index (χ4v) is 4.20. The number of nitrogens with zero attached hydrogens (tertiary/aromatic N) is 2. The van der Waals surface area contributed by atoms with Crippen molar-refractivity contribution in [3.8, 4) is 0 Å². The van der Waals surface area contributed by atoms with E-state index in [0.29, 0.717) is 0 Å². The first kappa shape index (κ1) is 14.2. The molecule has 0 spiro atoms. The molecule has 2 aliphatic rings. The number of fused-ring (bicyclic) bond motifs is 1. The van der Waals surface area contributed by atoms with Crippen LogP contribution in [0.3, 0.4) is 0 Å². The van der Waals surface area contributed by atoms with Crippen LogP contribution in [0.1, 0.15) is 49.6 Å². The molecule has 0 radical (unpaired) electrons. The third-order valence-corrected chi connectivity index (χ3v) is 5.40. The summed E-state index contributed by atoms with van der Waals surface area (Å²) in [5.41, 5.74) is 4.32. The summed E-state index contributed by atoms with van der Waals surface area (Å²) >= 11 is 0. The Hall–Kier alpha value is -0.800. The highest BCUT2D eigenvalue weighted by atomic mass is 15.2. The highest BCUT2D eigenvalue weighted by molar-refractivity contribution is 5.26. The van der Waals surface area contributed by atoms with Crippen molar-refractivity contribution in [2.45, 2.75) is 71.6 Å². The molecular formula is C17H29N3. The number of rotatable bonds is 4. The zero-order valence-electron chi connectivity index (χ0n) is 13.3. The molecule has 2 atom stereocenters. The van der Waals surface area contributed by atoms with Gasteiger partial charge < -0.3 is 14.8 Å². The molecule has 1 N–H and O–H groups in total. The second-order valence-corrected chi connectivity index (χ2v) is 6.57. The number of hydrogen-bond donors (Lipinski definition) is 1. The molecule has 0 aromatic carbocycles. The first-order valence-electron chi connectivity index (χ1n) is 8.32. The minimum Gasteiger partial charge on any atom is -0.349 e. The van der Waals surface area contributed by atoms with Crippen LogP contribution in [-0.2, 0) is 13.1 Å². The van der Waals surface area contributed by atoms with Crippen LogP contribution in [0.4, 0.5) is 0 Å². The average Bonchev–Trinajstić information content (AvgIpc) is 3.00. The van der Waals surface area contributed by atoms with Crippen molar-refractivity contribution in [1.29, 1.82) is 0 Å². The average molecular weight is 275 g/mol. The van der Waals surface area contributed by atoms with Gasteiger partial charge in [0.25, 0.3) is 0 Å². The van der Waals surface area contributed by atoms with E-state index in [2.05, 4.69) is 41.6 Å². The van der Waals surface area contributed by atoms with E-state index in [1.165, 1.54) is 55.7 Å². The maximum atomic E-state index is 3.82. The summed E-state index contributed by atoms with van der Waals surface area (Å²) < 4.78 is 2.41. The third-order valence-electron chi connectivity index (χ3n) is 5.40. The molecule has 112 valence electrons. The van der Waals surface area contributed by atoms with Crippen LogP contribution in [0.2, 0.25) is 0 Å². The van der Waals surface area contributed by atoms with Crippen LogP contribution >= 0.6 is 0 Å². The Morgan fingerprint density at radius 3 is 2.85 bits per heavy atom. The number of hydrogen-bond acceptors (Lipinski definition) is 2. The Balaban J connectivity index is 1.57. The van der Waals surface area contributed by atoms with Gasteiger partial charge in [-0.05, 0) is 71.2 Å². The molecule has 0 amide bonds. The summed E-state index contributed by atoms with van der Waals surface area (Å²) in [4.78, 5) is 2.70. The van der Waals surface area contributed by atoms with E-state index < -0.39 is 0 Å². The van der Waals surface area contributed by atoms with E-state index in [1.807, 2.05) is 0 Å². The van der Waals surface area contributed by atoms with Gasteiger partial charge in [0.15, 0.2) is 0 Å². The lowest BCUT2D eigenvalue weighted by Gasteiger charge is -2.35. The Morgan fingerprint density at radius 1 is 1.25 bits per heavy atom. The topological polar surface area (TPSA) is 20.2 Å². The first-order valence-corrected chi connectivity index (χ1v) is 8.32. The predicted octanol–water partition coefficient (Wildman–Crippen LogP) is 2.84. The van der Waals surface area contributed by atoms with E-state index >= 15 is 0 Å². The van der Waals surface area contributed by atoms with Crippen LogP contribution in [0, 0.1) is 13.8 Å². The van der Waals surface area contributed by atoms with Crippen LogP contribution < -0.4 is 5.32 Å². The molecule has 2 fully saturated rings. The smallest absolute Gasteiger partial charge is 0.0225 e. The lowest BCUT2D eigenvalue weighted by Crippen LogP contribution is -2.45. The SMILES string of the molecule is CCn1c(C)cc(CNC2CCN3CCCC3C2)c1C. The lowest BCUT2D eigenvalue weighted by atomic mass is 9.97. The van der Waals surface area contributed by atoms with E-state index in [9.17, 15) is 0 Å². The van der Waals surface area contributed by atoms with Gasteiger partial charge in [-0.2, -0.15) is 0 Å². The van der Waals surface area contributed by atoms with E-state index in [0.717, 1.165) is 25.2 Å². The molecule has 1 aromatic rings. The minimum atomic E-state index is 0.721. The molecule has 1 aromatic heterocycles. The van der Waals surface area contributed by atoms with Gasteiger partial charge in [0.2, 0.25) is 0 Å². The van der Waals surface area contributed by atoms with E-state index in [-0.39, 0.29) is 0 Å². The molecule has 3 heterocycles. The highest BCUT2D eigenvalue weighted by Crippen LogP contribution is 2.27. The number of piperidine rings is 1. The molecule has 3 nitrogen and oxygen atoms in total. The predicted molar refractivity (Wildman–Crippen MR) is 84.0 cm³/mol. The number of aromatic nitrogens is 1. The van der Waals surface area contributed by atoms with Crippen molar-refractivity contribution in [1.82, 2.24) is 14.8 Å². The first-order chi connectivity index (χ1) is 9.69. The zero-order valence-corrected chi connectivity index (χ0v) is 13.3. The molecule has 3 rings (SSSR count). The summed E-state index contributed by atoms with van der Waals surface area (Å²) in [7, 11) is 0. The largest absolute Gasteiger partial charge is 0.349 e. The third kappa shape index (κ3) is 2.66. The summed E-state index contributed by atoms with van der Waals surface area (Å²) in [5, 5.41) is 3.82. The summed E-state index contributed by atoms with van der Waals surface area (Å²) in [6, 6.07) is 3.94. The molecule has 0 aliphatic carbocycles. The van der Waals surface area contributed by atoms with Gasteiger partial charge in [0.05, 0.1) is 0 Å². The fourth-order valence-electron chi connectivity index (χ4n) is 4.20. The fraction of sp³-hybridized carbons (Fsp3) is 0.765. The Kier molecular flexibility index (Phi) is 4.18. The van der Waals surface area contributed by atoms with Gasteiger partial charge in [-0.15, -0.1) is 0 Å². The van der Waals surface area contributed by atoms with Crippen molar-refractivity contribution >= 4 is 0 Å².